The van der Waals surface area contributed by atoms with Gasteiger partial charge in [0.25, 0.3) is 10.0 Å². The van der Waals surface area contributed by atoms with Gasteiger partial charge in [-0.1, -0.05) is 41.4 Å². The van der Waals surface area contributed by atoms with E-state index < -0.39 is 15.1 Å². The minimum Gasteiger partial charge on any atom is -0.384 e. The summed E-state index contributed by atoms with van der Waals surface area (Å²) < 4.78 is 27.6. The highest BCUT2D eigenvalue weighted by atomic mass is 35.5. The van der Waals surface area contributed by atoms with Crippen LogP contribution in [0.1, 0.15) is 5.56 Å². The first-order chi connectivity index (χ1) is 13.1. The van der Waals surface area contributed by atoms with Gasteiger partial charge in [0.2, 0.25) is 0 Å². The Balaban J connectivity index is 2.04. The number of rotatable bonds is 5. The van der Waals surface area contributed by atoms with Crippen molar-refractivity contribution in [2.75, 3.05) is 10.5 Å². The average molecular weight is 404 g/mol. The van der Waals surface area contributed by atoms with Crippen molar-refractivity contribution in [3.63, 3.8) is 0 Å². The number of aromatic nitrogens is 2. The summed E-state index contributed by atoms with van der Waals surface area (Å²) >= 11 is 6.27. The normalized spacial score (nSPS) is 11.9. The minimum atomic E-state index is -3.94. The number of benzene rings is 1. The van der Waals surface area contributed by atoms with Gasteiger partial charge in [-0.2, -0.15) is 0 Å². The second kappa shape index (κ2) is 7.52. The van der Waals surface area contributed by atoms with Crippen LogP contribution in [-0.2, 0) is 15.1 Å². The van der Waals surface area contributed by atoms with Gasteiger partial charge in [0, 0.05) is 17.8 Å². The van der Waals surface area contributed by atoms with Crippen LogP contribution in [0.4, 0.5) is 11.6 Å². The van der Waals surface area contributed by atoms with Crippen LogP contribution in [0.25, 0.3) is 11.3 Å². The van der Waals surface area contributed by atoms with Gasteiger partial charge in [-0.15, -0.1) is 5.11 Å². The molecule has 0 saturated heterocycles. The van der Waals surface area contributed by atoms with Crippen LogP contribution in [0.15, 0.2) is 59.6 Å². The van der Waals surface area contributed by atoms with Crippen LogP contribution in [0.3, 0.4) is 0 Å². The summed E-state index contributed by atoms with van der Waals surface area (Å²) in [5.41, 5.74) is 6.70. The zero-order valence-electron chi connectivity index (χ0n) is 14.5. The number of hydrogen-bond donors (Lipinski definition) is 2. The molecule has 0 aliphatic rings. The van der Waals surface area contributed by atoms with E-state index in [4.69, 9.17) is 40.9 Å². The Morgan fingerprint density at radius 1 is 1.07 bits per heavy atom. The third kappa shape index (κ3) is 4.34. The van der Waals surface area contributed by atoms with Crippen LogP contribution >= 0.6 is 11.6 Å². The highest BCUT2D eigenvalue weighted by molar-refractivity contribution is 7.92. The maximum Gasteiger partial charge on any atom is 0.263 e. The summed E-state index contributed by atoms with van der Waals surface area (Å²) in [5.74, 6) is 0.119. The number of nitrogens with one attached hydrogen (secondary N) is 1. The van der Waals surface area contributed by atoms with Crippen molar-refractivity contribution in [1.29, 1.82) is 0 Å². The number of sulfonamides is 1. The summed E-state index contributed by atoms with van der Waals surface area (Å²) in [6.07, 6.45) is 1.30. The summed E-state index contributed by atoms with van der Waals surface area (Å²) in [6.45, 7) is 0. The maximum atomic E-state index is 12.6. The van der Waals surface area contributed by atoms with E-state index in [-0.39, 0.29) is 27.2 Å². The first-order valence-corrected chi connectivity index (χ1v) is 9.81. The molecule has 3 rings (SSSR count). The number of pyridine rings is 2. The van der Waals surface area contributed by atoms with Crippen molar-refractivity contribution in [3.8, 4) is 11.3 Å². The Kier molecular flexibility index (Phi) is 5.45. The van der Waals surface area contributed by atoms with Crippen LogP contribution in [-0.4, -0.2) is 41.9 Å². The third-order valence-corrected chi connectivity index (χ3v) is 5.45. The molecule has 6 radical (unpaired) electrons. The quantitative estimate of drug-likeness (QED) is 0.632. The van der Waals surface area contributed by atoms with Gasteiger partial charge in [-0.05, 0) is 18.2 Å². The molecule has 0 saturated carbocycles. The zero-order chi connectivity index (χ0) is 20.5. The van der Waals surface area contributed by atoms with E-state index >= 15 is 0 Å². The van der Waals surface area contributed by atoms with E-state index in [1.807, 2.05) is 0 Å². The second-order valence-electron chi connectivity index (χ2n) is 6.03. The summed E-state index contributed by atoms with van der Waals surface area (Å²) in [7, 11) is 13.6. The molecule has 0 amide bonds. The molecule has 0 atom stereocenters. The van der Waals surface area contributed by atoms with Crippen molar-refractivity contribution in [2.45, 2.75) is 10.0 Å². The molecule has 0 bridgehead atoms. The number of halogens is 1. The van der Waals surface area contributed by atoms with Gasteiger partial charge in [0.1, 0.15) is 11.6 Å². The molecule has 6 nitrogen and oxygen atoms in total. The molecule has 2 aromatic heterocycles. The number of nitrogens with two attached hydrogens (primary N) is 1. The lowest BCUT2D eigenvalue weighted by molar-refractivity contribution is 0.601. The molecule has 3 N–H and O–H groups in total. The molecule has 28 heavy (non-hydrogen) atoms. The fraction of sp³-hybridized carbons (Fsp3) is 0.0588. The van der Waals surface area contributed by atoms with E-state index in [1.54, 1.807) is 24.3 Å². The van der Waals surface area contributed by atoms with Gasteiger partial charge in [-0.3, -0.25) is 4.72 Å². The highest BCUT2D eigenvalue weighted by Crippen LogP contribution is 2.33. The lowest BCUT2D eigenvalue weighted by Crippen LogP contribution is -2.27. The summed E-state index contributed by atoms with van der Waals surface area (Å²) in [4.78, 5) is 8.04. The highest BCUT2D eigenvalue weighted by Gasteiger charge is 2.21. The smallest absolute Gasteiger partial charge is 0.263 e. The second-order valence-corrected chi connectivity index (χ2v) is 8.12. The number of nitrogen functional groups attached to an aromatic ring is 1. The molecule has 0 spiro atoms. The Labute approximate surface area is 172 Å². The molecule has 0 aliphatic heterocycles. The molecule has 11 heteroatoms. The predicted molar refractivity (Wildman–Crippen MR) is 113 cm³/mol. The average Bonchev–Trinajstić information content (AvgIpc) is 2.62. The Hall–Kier alpha value is -2.45. The first kappa shape index (κ1) is 20.3. The Bertz CT molecular complexity index is 1140. The largest absolute Gasteiger partial charge is 0.384 e. The molecule has 134 valence electrons. The van der Waals surface area contributed by atoms with Crippen molar-refractivity contribution < 1.29 is 8.42 Å². The van der Waals surface area contributed by atoms with E-state index in [0.717, 1.165) is 0 Å². The number of nitrogens with zero attached hydrogens (tertiary/aromatic N) is 2. The summed E-state index contributed by atoms with van der Waals surface area (Å²) in [5, 5.41) is -1.36. The van der Waals surface area contributed by atoms with Crippen molar-refractivity contribution in [3.05, 3.63) is 65.3 Å². The third-order valence-electron chi connectivity index (χ3n) is 3.80. The Morgan fingerprint density at radius 3 is 2.46 bits per heavy atom. The fourth-order valence-electron chi connectivity index (χ4n) is 2.55. The molecule has 2 heterocycles. The van der Waals surface area contributed by atoms with Crippen molar-refractivity contribution in [1.82, 2.24) is 9.97 Å². The molecular formula is C17H12B3ClN4O2S. The molecule has 0 aliphatic carbocycles. The lowest BCUT2D eigenvalue weighted by atomic mass is 9.39. The molecule has 0 unspecified atom stereocenters. The Morgan fingerprint density at radius 2 is 1.79 bits per heavy atom. The number of hydrogen-bond acceptors (Lipinski definition) is 5. The van der Waals surface area contributed by atoms with E-state index in [1.165, 1.54) is 30.5 Å². The minimum absolute atomic E-state index is 0.0428. The fourth-order valence-corrected chi connectivity index (χ4v) is 3.78. The van der Waals surface area contributed by atoms with Gasteiger partial charge in [0.15, 0.2) is 0 Å². The topological polar surface area (TPSA) is 98.0 Å². The van der Waals surface area contributed by atoms with Crippen LogP contribution in [0.2, 0.25) is 5.02 Å². The van der Waals surface area contributed by atoms with Gasteiger partial charge >= 0.3 is 0 Å². The van der Waals surface area contributed by atoms with Gasteiger partial charge in [0.05, 0.1) is 39.2 Å². The van der Waals surface area contributed by atoms with Crippen molar-refractivity contribution in [2.24, 2.45) is 0 Å². The van der Waals surface area contributed by atoms with E-state index in [9.17, 15) is 8.42 Å². The van der Waals surface area contributed by atoms with Gasteiger partial charge < -0.3 is 5.73 Å². The molecule has 0 fully saturated rings. The molecule has 3 aromatic rings. The maximum absolute atomic E-state index is 12.6. The van der Waals surface area contributed by atoms with Crippen molar-refractivity contribution >= 4 is 56.8 Å². The van der Waals surface area contributed by atoms with E-state index in [2.05, 4.69) is 14.7 Å². The number of anilines is 2. The van der Waals surface area contributed by atoms with Crippen LogP contribution < -0.4 is 10.5 Å². The standard InChI is InChI=1S/C17H12B3ClN4O2S/c18-17(19,20)12-4-2-1-3-11(12)16-13(21)5-6-15(24-16)25-28(26,27)10-7-8-23-14(22)9-10/h1-9H,(H2,22,23)(H,24,25). The first-order valence-electron chi connectivity index (χ1n) is 7.95. The molecular weight excluding hydrogens is 392 g/mol. The predicted octanol–water partition coefficient (Wildman–Crippen LogP) is 1.80. The van der Waals surface area contributed by atoms with Crippen LogP contribution in [0.5, 0.6) is 0 Å². The monoisotopic (exact) mass is 404 g/mol. The molecule has 1 aromatic carbocycles. The van der Waals surface area contributed by atoms with E-state index in [0.29, 0.717) is 11.1 Å². The zero-order valence-corrected chi connectivity index (χ0v) is 16.1. The van der Waals surface area contributed by atoms with Crippen LogP contribution in [0, 0.1) is 0 Å². The SMILES string of the molecule is [B]C([B])([B])c1ccccc1-c1nc(NS(=O)(=O)c2ccnc(N)c2)ccc1Cl. The summed E-state index contributed by atoms with van der Waals surface area (Å²) in [6, 6.07) is 12.3. The lowest BCUT2D eigenvalue weighted by Gasteiger charge is -2.24. The van der Waals surface area contributed by atoms with Gasteiger partial charge in [-0.25, -0.2) is 18.4 Å².